The molecule has 1 aromatic carbocycles. The molecule has 2 fully saturated rings. The van der Waals surface area contributed by atoms with Crippen molar-refractivity contribution in [3.8, 4) is 0 Å². The highest BCUT2D eigenvalue weighted by Gasteiger charge is 2.43. The molecular formula is C20H24BrN7. The first-order valence-corrected chi connectivity index (χ1v) is 10.6. The fourth-order valence-corrected chi connectivity index (χ4v) is 4.87. The van der Waals surface area contributed by atoms with Gasteiger partial charge in [-0.05, 0) is 52.5 Å². The van der Waals surface area contributed by atoms with Crippen LogP contribution in [0.25, 0.3) is 5.65 Å². The molecule has 2 aromatic heterocycles. The smallest absolute Gasteiger partial charge is 0.199 e. The Hall–Kier alpha value is -2.19. The van der Waals surface area contributed by atoms with E-state index in [0.29, 0.717) is 23.5 Å². The van der Waals surface area contributed by atoms with Crippen LogP contribution in [0.4, 0.5) is 17.2 Å². The van der Waals surface area contributed by atoms with Gasteiger partial charge < -0.3 is 10.2 Å². The molecule has 2 unspecified atom stereocenters. The minimum Gasteiger partial charge on any atom is -0.366 e. The molecule has 2 saturated heterocycles. The number of benzene rings is 1. The van der Waals surface area contributed by atoms with Crippen molar-refractivity contribution in [3.63, 3.8) is 0 Å². The zero-order valence-corrected chi connectivity index (χ0v) is 17.7. The van der Waals surface area contributed by atoms with Crippen LogP contribution in [0.1, 0.15) is 20.3 Å². The van der Waals surface area contributed by atoms with Crippen LogP contribution in [-0.4, -0.2) is 56.2 Å². The van der Waals surface area contributed by atoms with Gasteiger partial charge >= 0.3 is 0 Å². The van der Waals surface area contributed by atoms with Gasteiger partial charge in [-0.3, -0.25) is 4.90 Å². The molecule has 2 aliphatic rings. The summed E-state index contributed by atoms with van der Waals surface area (Å²) in [5.41, 5.74) is 2.99. The van der Waals surface area contributed by atoms with Crippen LogP contribution in [0.15, 0.2) is 41.4 Å². The lowest BCUT2D eigenvalue weighted by molar-refractivity contribution is 0.214. The van der Waals surface area contributed by atoms with E-state index in [1.54, 1.807) is 10.7 Å². The van der Waals surface area contributed by atoms with Crippen LogP contribution < -0.4 is 10.2 Å². The van der Waals surface area contributed by atoms with Crippen molar-refractivity contribution in [2.75, 3.05) is 29.9 Å². The standard InChI is InChI=1S/C20H24BrN7/c1-13(2)9-26-10-17-7-16(26)11-27(17)15-5-3-14(4-6-15)25-19-20-23-12-24-28(20)18(21)8-22-19/h3-6,8,12-13,16-17H,7,9-11H2,1-2H3,(H,22,25). The molecule has 28 heavy (non-hydrogen) atoms. The van der Waals surface area contributed by atoms with E-state index in [9.17, 15) is 0 Å². The lowest BCUT2D eigenvalue weighted by Gasteiger charge is -2.36. The average molecular weight is 442 g/mol. The second-order valence-electron chi connectivity index (χ2n) is 8.14. The van der Waals surface area contributed by atoms with Crippen molar-refractivity contribution in [2.24, 2.45) is 5.92 Å². The molecule has 0 spiro atoms. The van der Waals surface area contributed by atoms with E-state index in [2.05, 4.69) is 84.2 Å². The van der Waals surface area contributed by atoms with Gasteiger partial charge in [-0.25, -0.2) is 14.5 Å². The number of fused-ring (bicyclic) bond motifs is 3. The summed E-state index contributed by atoms with van der Waals surface area (Å²) in [5.74, 6) is 1.43. The predicted octanol–water partition coefficient (Wildman–Crippen LogP) is 3.55. The van der Waals surface area contributed by atoms with Crippen LogP contribution in [0.3, 0.4) is 0 Å². The monoisotopic (exact) mass is 441 g/mol. The van der Waals surface area contributed by atoms with Gasteiger partial charge in [0.05, 0.1) is 6.20 Å². The van der Waals surface area contributed by atoms with Crippen molar-refractivity contribution < 1.29 is 0 Å². The lowest BCUT2D eigenvalue weighted by atomic mass is 10.1. The summed E-state index contributed by atoms with van der Waals surface area (Å²) in [6.45, 7) is 8.16. The van der Waals surface area contributed by atoms with E-state index in [0.717, 1.165) is 22.8 Å². The molecule has 2 atom stereocenters. The Morgan fingerprint density at radius 3 is 2.68 bits per heavy atom. The molecule has 7 nitrogen and oxygen atoms in total. The number of nitrogens with one attached hydrogen (secondary N) is 1. The van der Waals surface area contributed by atoms with Gasteiger partial charge in [0.2, 0.25) is 0 Å². The van der Waals surface area contributed by atoms with Crippen LogP contribution in [-0.2, 0) is 0 Å². The third-order valence-corrected chi connectivity index (χ3v) is 6.22. The van der Waals surface area contributed by atoms with Gasteiger partial charge in [0.1, 0.15) is 10.9 Å². The molecule has 0 aliphatic carbocycles. The summed E-state index contributed by atoms with van der Waals surface area (Å²) in [7, 11) is 0. The maximum atomic E-state index is 4.44. The number of likely N-dealkylation sites (tertiary alicyclic amines) is 1. The van der Waals surface area contributed by atoms with Crippen LogP contribution in [0.2, 0.25) is 0 Å². The van der Waals surface area contributed by atoms with Gasteiger partial charge in [-0.15, -0.1) is 0 Å². The number of nitrogens with zero attached hydrogens (tertiary/aromatic N) is 6. The third kappa shape index (κ3) is 3.14. The number of rotatable bonds is 5. The Labute approximate surface area is 172 Å². The van der Waals surface area contributed by atoms with Crippen molar-refractivity contribution in [1.82, 2.24) is 24.5 Å². The van der Waals surface area contributed by atoms with Gasteiger partial charge in [-0.1, -0.05) is 13.8 Å². The molecule has 2 bridgehead atoms. The molecule has 2 aliphatic heterocycles. The summed E-state index contributed by atoms with van der Waals surface area (Å²) in [6, 6.07) is 9.99. The summed E-state index contributed by atoms with van der Waals surface area (Å²) in [5, 5.41) is 7.56. The average Bonchev–Trinajstić information content (AvgIpc) is 3.40. The summed E-state index contributed by atoms with van der Waals surface area (Å²) < 4.78 is 2.49. The first-order chi connectivity index (χ1) is 13.6. The summed E-state index contributed by atoms with van der Waals surface area (Å²) in [4.78, 5) is 14.0. The molecule has 3 aromatic rings. The first kappa shape index (κ1) is 17.9. The van der Waals surface area contributed by atoms with Gasteiger partial charge in [-0.2, -0.15) is 5.10 Å². The Kier molecular flexibility index (Phi) is 4.47. The van der Waals surface area contributed by atoms with Crippen LogP contribution in [0.5, 0.6) is 0 Å². The quantitative estimate of drug-likeness (QED) is 0.652. The molecule has 0 radical (unpaired) electrons. The maximum Gasteiger partial charge on any atom is 0.199 e. The molecule has 0 saturated carbocycles. The van der Waals surface area contributed by atoms with Gasteiger partial charge in [0.15, 0.2) is 11.5 Å². The lowest BCUT2D eigenvalue weighted by Crippen LogP contribution is -2.47. The molecule has 0 amide bonds. The van der Waals surface area contributed by atoms with Crippen molar-refractivity contribution in [2.45, 2.75) is 32.4 Å². The molecule has 146 valence electrons. The first-order valence-electron chi connectivity index (χ1n) is 9.80. The maximum absolute atomic E-state index is 4.44. The van der Waals surface area contributed by atoms with Crippen molar-refractivity contribution in [3.05, 3.63) is 41.4 Å². The van der Waals surface area contributed by atoms with E-state index in [1.165, 1.54) is 31.5 Å². The number of hydrogen-bond acceptors (Lipinski definition) is 6. The molecule has 4 heterocycles. The Balaban J connectivity index is 1.29. The summed E-state index contributed by atoms with van der Waals surface area (Å²) in [6.07, 6.45) is 4.55. The number of hydrogen-bond donors (Lipinski definition) is 1. The predicted molar refractivity (Wildman–Crippen MR) is 114 cm³/mol. The molecular weight excluding hydrogens is 418 g/mol. The summed E-state index contributed by atoms with van der Waals surface area (Å²) >= 11 is 3.44. The largest absolute Gasteiger partial charge is 0.366 e. The van der Waals surface area contributed by atoms with Gasteiger partial charge in [0.25, 0.3) is 0 Å². The second-order valence-corrected chi connectivity index (χ2v) is 8.95. The number of aromatic nitrogens is 4. The fraction of sp³-hybridized carbons (Fsp3) is 0.450. The van der Waals surface area contributed by atoms with Crippen LogP contribution in [0, 0.1) is 5.92 Å². The van der Waals surface area contributed by atoms with Crippen molar-refractivity contribution in [1.29, 1.82) is 0 Å². The number of halogens is 1. The zero-order chi connectivity index (χ0) is 19.3. The van der Waals surface area contributed by atoms with Gasteiger partial charge in [0, 0.05) is 43.1 Å². The Morgan fingerprint density at radius 2 is 1.96 bits per heavy atom. The molecule has 8 heteroatoms. The highest BCUT2D eigenvalue weighted by molar-refractivity contribution is 9.10. The Bertz CT molecular complexity index is 984. The van der Waals surface area contributed by atoms with E-state index in [-0.39, 0.29) is 0 Å². The number of piperazine rings is 1. The Morgan fingerprint density at radius 1 is 1.14 bits per heavy atom. The van der Waals surface area contributed by atoms with E-state index in [1.807, 2.05) is 0 Å². The van der Waals surface area contributed by atoms with Crippen LogP contribution >= 0.6 is 15.9 Å². The third-order valence-electron chi connectivity index (χ3n) is 5.68. The number of anilines is 3. The topological polar surface area (TPSA) is 61.6 Å². The van der Waals surface area contributed by atoms with Crippen molar-refractivity contribution >= 4 is 38.8 Å². The SMILES string of the molecule is CC(C)CN1CC2CC1CN2c1ccc(Nc2ncc(Br)n3ncnc23)cc1. The second kappa shape index (κ2) is 7.00. The van der Waals surface area contributed by atoms with E-state index < -0.39 is 0 Å². The molecule has 1 N–H and O–H groups in total. The minimum absolute atomic E-state index is 0.645. The molecule has 5 rings (SSSR count). The van der Waals surface area contributed by atoms with E-state index >= 15 is 0 Å². The highest BCUT2D eigenvalue weighted by atomic mass is 79.9. The minimum atomic E-state index is 0.645. The zero-order valence-electron chi connectivity index (χ0n) is 16.1. The fourth-order valence-electron chi connectivity index (χ4n) is 4.51. The highest BCUT2D eigenvalue weighted by Crippen LogP contribution is 2.35. The van der Waals surface area contributed by atoms with E-state index in [4.69, 9.17) is 0 Å². The normalized spacial score (nSPS) is 21.9.